The molecule has 8 rings (SSSR count). The fourth-order valence-electron chi connectivity index (χ4n) is 9.37. The molecular weight excluding hydrogens is 1230 g/mol. The number of thiol groups is 1. The van der Waals surface area contributed by atoms with Gasteiger partial charge >= 0.3 is 6.09 Å². The number of aromatic nitrogens is 1. The Kier molecular flexibility index (Phi) is 23.8. The van der Waals surface area contributed by atoms with Crippen LogP contribution in [-0.4, -0.2) is 185 Å². The van der Waals surface area contributed by atoms with E-state index in [9.17, 15) is 53.7 Å². The van der Waals surface area contributed by atoms with Crippen molar-refractivity contribution in [1.29, 1.82) is 0 Å². The van der Waals surface area contributed by atoms with Gasteiger partial charge in [0, 0.05) is 53.8 Å². The van der Waals surface area contributed by atoms with E-state index in [1.165, 1.54) is 45.5 Å². The molecule has 0 spiro atoms. The summed E-state index contributed by atoms with van der Waals surface area (Å²) in [6.45, 7) is 11.2. The Morgan fingerprint density at radius 1 is 0.938 bits per heavy atom. The number of nitrogens with two attached hydrogens (primary N) is 1. The van der Waals surface area contributed by atoms with Crippen LogP contribution in [0.5, 0.6) is 5.75 Å². The van der Waals surface area contributed by atoms with Crippen LogP contribution in [0, 0.1) is 11.8 Å². The van der Waals surface area contributed by atoms with E-state index >= 15 is 9.59 Å². The van der Waals surface area contributed by atoms with Gasteiger partial charge in [0.15, 0.2) is 4.05 Å². The maximum absolute atomic E-state index is 16.2. The normalized spacial score (nSPS) is 26.4. The molecule has 1 aromatic carbocycles. The fraction of sp³-hybridized carbons (Fsp3) is 0.647. The third-order valence-electron chi connectivity index (χ3n) is 13.9. The molecule has 0 radical (unpaired) electrons. The van der Waals surface area contributed by atoms with Crippen molar-refractivity contribution in [2.24, 2.45) is 17.6 Å². The third kappa shape index (κ3) is 18.2. The number of nitrogens with zero attached hydrogens (tertiary/aromatic N) is 1. The number of hydrogen-bond acceptors (Lipinski definition) is 19. The minimum absolute atomic E-state index is 0.0182. The van der Waals surface area contributed by atoms with Gasteiger partial charge in [-0.15, -0.1) is 12.6 Å². The highest BCUT2D eigenvalue weighted by atomic mass is 127. The molecule has 2 fully saturated rings. The highest BCUT2D eigenvalue weighted by Gasteiger charge is 2.57. The summed E-state index contributed by atoms with van der Waals surface area (Å²) in [7, 11) is 2.79. The molecule has 9 amide bonds. The molecule has 30 heteroatoms. The number of aromatic amines is 1. The number of rotatable bonds is 15. The minimum atomic E-state index is -2.45. The number of carbonyl (C=O) groups is 10. The van der Waals surface area contributed by atoms with Crippen molar-refractivity contribution in [3.63, 3.8) is 0 Å². The lowest BCUT2D eigenvalue weighted by atomic mass is 9.88. The lowest BCUT2D eigenvalue weighted by Gasteiger charge is -2.45. The second-order valence-electron chi connectivity index (χ2n) is 22.0. The standard InChI is InChI=1S/C51H76IN11O15S3/c1-9-24(2)38-44(73)56-21-37(69)61-41(52)46(75)57-31(19-35(53)67)40(70)51(13-12-50(7,8)81-80-15-14-54-48(76)78-49(4,5)6)63-22-26(65)16-33(63)43(72)62-39(25(3)34(66)23-64)45(74)58-32(42(71)55-20-36(68)60-38)18-29-28-11-10-27(77-51)17-30(28)59-47(29)79/h10-11,17,24-26,31-34,38-39,41,59,64-66,79H,9,12-16,18-23H2,1-8H3,(H2,53,67)(H,54,76)(H,55,71)(H,56,73)(H,57,75)(H,58,74)(H,60,68)(H,61,69)(H,62,72)/t24-,25-,26?,31-,32?,33-,34-,38-,39-,41?,51?/m0/s1. The molecule has 6 aliphatic heterocycles. The van der Waals surface area contributed by atoms with E-state index in [2.05, 4.69) is 47.5 Å². The van der Waals surface area contributed by atoms with Gasteiger partial charge in [-0.05, 0) is 93.7 Å². The number of aliphatic hydroxyl groups excluding tert-OH is 3. The minimum Gasteiger partial charge on any atom is -0.465 e. The van der Waals surface area contributed by atoms with Crippen LogP contribution in [0.1, 0.15) is 93.1 Å². The van der Waals surface area contributed by atoms with Gasteiger partial charge in [-0.1, -0.05) is 48.8 Å². The van der Waals surface area contributed by atoms with Crippen molar-refractivity contribution in [3.8, 4) is 5.75 Å². The predicted molar refractivity (Wildman–Crippen MR) is 312 cm³/mol. The first-order valence-electron chi connectivity index (χ1n) is 26.4. The van der Waals surface area contributed by atoms with Gasteiger partial charge in [-0.2, -0.15) is 0 Å². The number of H-pyrrole nitrogens is 1. The number of ketones is 1. The molecule has 2 aromatic rings. The number of ether oxygens (including phenoxy) is 2. The first kappa shape index (κ1) is 66.7. The van der Waals surface area contributed by atoms with Crippen molar-refractivity contribution < 1.29 is 72.7 Å². The average Bonchev–Trinajstić information content (AvgIpc) is 4.01. The number of alkyl carbamates (subject to hydrolysis) is 1. The maximum Gasteiger partial charge on any atom is 0.407 e. The van der Waals surface area contributed by atoms with Gasteiger partial charge in [0.1, 0.15) is 35.5 Å². The Morgan fingerprint density at radius 2 is 1.60 bits per heavy atom. The molecule has 7 heterocycles. The van der Waals surface area contributed by atoms with E-state index < -0.39 is 173 Å². The van der Waals surface area contributed by atoms with Crippen LogP contribution in [0.15, 0.2) is 23.2 Å². The number of aliphatic hydroxyl groups is 3. The molecule has 6 bridgehead atoms. The number of carbonyl (C=O) groups excluding carboxylic acids is 10. The highest BCUT2D eigenvalue weighted by Crippen LogP contribution is 2.44. The van der Waals surface area contributed by atoms with E-state index in [4.69, 9.17) is 27.8 Å². The second-order valence-corrected chi connectivity index (χ2v) is 26.8. The summed E-state index contributed by atoms with van der Waals surface area (Å²) < 4.78 is 10.1. The number of halogens is 1. The molecule has 26 nitrogen and oxygen atoms in total. The zero-order chi connectivity index (χ0) is 60.3. The number of primary amides is 1. The smallest absolute Gasteiger partial charge is 0.407 e. The molecule has 4 unspecified atom stereocenters. The summed E-state index contributed by atoms with van der Waals surface area (Å²) in [6.07, 6.45) is -5.09. The third-order valence-corrected chi connectivity index (χ3v) is 18.5. The number of benzene rings is 1. The summed E-state index contributed by atoms with van der Waals surface area (Å²) in [5.74, 6) is -9.93. The van der Waals surface area contributed by atoms with Crippen LogP contribution in [-0.2, 0) is 54.3 Å². The molecule has 11 atom stereocenters. The lowest BCUT2D eigenvalue weighted by molar-refractivity contribution is -0.166. The largest absolute Gasteiger partial charge is 0.465 e. The molecule has 6 aliphatic rings. The average molecular weight is 1310 g/mol. The van der Waals surface area contributed by atoms with Crippen LogP contribution < -0.4 is 53.0 Å². The van der Waals surface area contributed by atoms with Gasteiger partial charge in [-0.3, -0.25) is 43.2 Å². The summed E-state index contributed by atoms with van der Waals surface area (Å²) in [6, 6.07) is -3.39. The van der Waals surface area contributed by atoms with Crippen LogP contribution in [0.3, 0.4) is 0 Å². The van der Waals surface area contributed by atoms with E-state index in [0.717, 1.165) is 0 Å². The number of alkyl halides is 1. The quantitative estimate of drug-likeness (QED) is 0.0268. The summed E-state index contributed by atoms with van der Waals surface area (Å²) >= 11 is 6.29. The lowest BCUT2D eigenvalue weighted by Crippen LogP contribution is -2.68. The first-order valence-corrected chi connectivity index (χ1v) is 30.5. The Balaban J connectivity index is 1.76. The molecule has 2 saturated heterocycles. The fourth-order valence-corrected chi connectivity index (χ4v) is 12.7. The van der Waals surface area contributed by atoms with Crippen molar-refractivity contribution in [3.05, 3.63) is 23.8 Å². The molecule has 81 heavy (non-hydrogen) atoms. The monoisotopic (exact) mass is 1310 g/mol. The number of nitrogens with one attached hydrogen (secondary N) is 9. The molecule has 0 aliphatic carbocycles. The molecule has 450 valence electrons. The Morgan fingerprint density at radius 3 is 2.25 bits per heavy atom. The van der Waals surface area contributed by atoms with Gasteiger partial charge in [-0.25, -0.2) is 9.69 Å². The van der Waals surface area contributed by atoms with Crippen molar-refractivity contribution in [1.82, 2.24) is 52.4 Å². The van der Waals surface area contributed by atoms with Gasteiger partial charge in [0.05, 0.1) is 54.9 Å². The predicted octanol–water partition coefficient (Wildman–Crippen LogP) is -0.470. The summed E-state index contributed by atoms with van der Waals surface area (Å²) in [4.78, 5) is 145. The van der Waals surface area contributed by atoms with E-state index in [0.29, 0.717) is 28.6 Å². The number of amides is 9. The van der Waals surface area contributed by atoms with Crippen molar-refractivity contribution in [2.45, 2.75) is 161 Å². The van der Waals surface area contributed by atoms with Crippen molar-refractivity contribution in [2.75, 3.05) is 38.5 Å². The Bertz CT molecular complexity index is 2680. The number of hydrogen-bond donors (Lipinski definition) is 14. The van der Waals surface area contributed by atoms with E-state index in [-0.39, 0.29) is 36.6 Å². The van der Waals surface area contributed by atoms with Crippen LogP contribution in [0.4, 0.5) is 4.79 Å². The Hall–Kier alpha value is -5.12. The van der Waals surface area contributed by atoms with Crippen LogP contribution >= 0.6 is 56.8 Å². The highest BCUT2D eigenvalue weighted by molar-refractivity contribution is 14.1. The SMILES string of the molecule is CC[C@H](C)[C@@H]1NC(=O)CNC(=O)C2Cc3c(S)[nH]c4cc(ccc34)OC(CCC(C)(C)SSCCNC(=O)OC(C)(C)C)(C(=O)[C@H](CC(N)=O)NC(=O)C(I)NC(=O)CNC1=O)N1CC(O)C[C@H]1C(=O)N[C@@H]([C@@H](C)[C@@H](O)CO)C(=O)N2. The molecular formula is C51H76IN11O15S3. The van der Waals surface area contributed by atoms with Gasteiger partial charge < -0.3 is 78.0 Å². The zero-order valence-corrected chi connectivity index (χ0v) is 51.1. The summed E-state index contributed by atoms with van der Waals surface area (Å²) in [5, 5.41) is 54.1. The van der Waals surface area contributed by atoms with E-state index in [1.807, 2.05) is 13.8 Å². The topological polar surface area (TPSA) is 391 Å². The zero-order valence-electron chi connectivity index (χ0n) is 46.4. The molecule has 0 saturated carbocycles. The van der Waals surface area contributed by atoms with Gasteiger partial charge in [0.2, 0.25) is 52.9 Å². The number of Topliss-reactive ketones (excluding diaryl/α,β-unsaturated/α-hetero) is 1. The second kappa shape index (κ2) is 28.9. The van der Waals surface area contributed by atoms with Crippen LogP contribution in [0.2, 0.25) is 0 Å². The maximum atomic E-state index is 16.2. The first-order chi connectivity index (χ1) is 37.9. The van der Waals surface area contributed by atoms with E-state index in [1.54, 1.807) is 63.3 Å². The summed E-state index contributed by atoms with van der Waals surface area (Å²) in [5.41, 5.74) is 3.34. The Labute approximate surface area is 496 Å². The molecule has 14 N–H and O–H groups in total. The van der Waals surface area contributed by atoms with Crippen LogP contribution in [0.25, 0.3) is 10.9 Å². The van der Waals surface area contributed by atoms with Gasteiger partial charge in [0.25, 0.3) is 5.91 Å². The van der Waals surface area contributed by atoms with Crippen molar-refractivity contribution >= 4 is 127 Å². The molecule has 1 aromatic heterocycles.